The van der Waals surface area contributed by atoms with Gasteiger partial charge in [-0.3, -0.25) is 0 Å². The molecule has 0 amide bonds. The third-order valence-corrected chi connectivity index (χ3v) is 3.40. The number of nitrogens with two attached hydrogens (primary N) is 1. The van der Waals surface area contributed by atoms with E-state index in [1.54, 1.807) is 0 Å². The Labute approximate surface area is 90.2 Å². The number of halogens is 1. The molecular formula is C8H8BrNO3S. The molecule has 2 N–H and O–H groups in total. The molecule has 0 aromatic heterocycles. The van der Waals surface area contributed by atoms with Crippen molar-refractivity contribution >= 4 is 26.0 Å². The number of sulfonamides is 1. The van der Waals surface area contributed by atoms with Crippen LogP contribution in [-0.4, -0.2) is 15.0 Å². The number of rotatable bonds is 1. The first-order valence-corrected chi connectivity index (χ1v) is 6.30. The average Bonchev–Trinajstić information content (AvgIpc) is 2.47. The molecule has 1 heterocycles. The molecule has 0 spiro atoms. The first kappa shape index (κ1) is 9.95. The topological polar surface area (TPSA) is 69.4 Å². The molecule has 6 heteroatoms. The van der Waals surface area contributed by atoms with Crippen molar-refractivity contribution < 1.29 is 13.2 Å². The van der Waals surface area contributed by atoms with Gasteiger partial charge < -0.3 is 4.74 Å². The number of benzene rings is 1. The number of hydrogen-bond acceptors (Lipinski definition) is 3. The van der Waals surface area contributed by atoms with Gasteiger partial charge >= 0.3 is 0 Å². The van der Waals surface area contributed by atoms with E-state index in [1.807, 2.05) is 6.07 Å². The van der Waals surface area contributed by atoms with Crippen LogP contribution in [0.5, 0.6) is 5.75 Å². The quantitative estimate of drug-likeness (QED) is 0.834. The van der Waals surface area contributed by atoms with Gasteiger partial charge in [-0.1, -0.05) is 15.9 Å². The smallest absolute Gasteiger partial charge is 0.241 e. The van der Waals surface area contributed by atoms with E-state index in [4.69, 9.17) is 9.88 Å². The predicted molar refractivity (Wildman–Crippen MR) is 54.7 cm³/mol. The van der Waals surface area contributed by atoms with Crippen LogP contribution in [0, 0.1) is 0 Å². The summed E-state index contributed by atoms with van der Waals surface area (Å²) in [6.07, 6.45) is 0.720. The van der Waals surface area contributed by atoms with Crippen molar-refractivity contribution in [2.45, 2.75) is 11.3 Å². The summed E-state index contributed by atoms with van der Waals surface area (Å²) >= 11 is 3.23. The third-order valence-electron chi connectivity index (χ3n) is 2.02. The molecule has 14 heavy (non-hydrogen) atoms. The lowest BCUT2D eigenvalue weighted by Crippen LogP contribution is -2.13. The van der Waals surface area contributed by atoms with Gasteiger partial charge in [0.05, 0.1) is 6.61 Å². The Bertz CT molecular complexity index is 484. The van der Waals surface area contributed by atoms with Crippen LogP contribution in [0.15, 0.2) is 21.5 Å². The molecule has 4 nitrogen and oxygen atoms in total. The Balaban J connectivity index is 2.72. The van der Waals surface area contributed by atoms with E-state index >= 15 is 0 Å². The van der Waals surface area contributed by atoms with E-state index in [0.29, 0.717) is 16.8 Å². The Morgan fingerprint density at radius 2 is 2.14 bits per heavy atom. The second kappa shape index (κ2) is 3.22. The van der Waals surface area contributed by atoms with Crippen LogP contribution in [-0.2, 0) is 16.4 Å². The average molecular weight is 278 g/mol. The van der Waals surface area contributed by atoms with Crippen LogP contribution in [0.4, 0.5) is 0 Å². The van der Waals surface area contributed by atoms with Crippen molar-refractivity contribution in [1.82, 2.24) is 0 Å². The predicted octanol–water partition coefficient (Wildman–Crippen LogP) is 1.03. The molecule has 2 rings (SSSR count). The van der Waals surface area contributed by atoms with Crippen LogP contribution in [0.2, 0.25) is 0 Å². The van der Waals surface area contributed by atoms with E-state index < -0.39 is 10.0 Å². The summed E-state index contributed by atoms with van der Waals surface area (Å²) < 4.78 is 28.4. The SMILES string of the molecule is NS(=O)(=O)c1cc(Br)cc2c1OCC2. The van der Waals surface area contributed by atoms with Gasteiger partial charge in [-0.25, -0.2) is 13.6 Å². The van der Waals surface area contributed by atoms with Gasteiger partial charge in [0.25, 0.3) is 0 Å². The van der Waals surface area contributed by atoms with Crippen molar-refractivity contribution in [3.05, 3.63) is 22.2 Å². The van der Waals surface area contributed by atoms with Gasteiger partial charge in [-0.15, -0.1) is 0 Å². The highest BCUT2D eigenvalue weighted by atomic mass is 79.9. The van der Waals surface area contributed by atoms with Gasteiger partial charge in [0.2, 0.25) is 10.0 Å². The molecule has 0 saturated heterocycles. The van der Waals surface area contributed by atoms with Gasteiger partial charge in [0.1, 0.15) is 10.6 Å². The molecule has 76 valence electrons. The Kier molecular flexibility index (Phi) is 2.29. The maximum absolute atomic E-state index is 11.2. The molecule has 0 fully saturated rings. The fraction of sp³-hybridized carbons (Fsp3) is 0.250. The zero-order valence-electron chi connectivity index (χ0n) is 7.16. The van der Waals surface area contributed by atoms with Crippen molar-refractivity contribution in [3.63, 3.8) is 0 Å². The number of primary sulfonamides is 1. The van der Waals surface area contributed by atoms with Crippen LogP contribution in [0.25, 0.3) is 0 Å². The number of ether oxygens (including phenoxy) is 1. The summed E-state index contributed by atoms with van der Waals surface area (Å²) in [5.41, 5.74) is 0.878. The summed E-state index contributed by atoms with van der Waals surface area (Å²) in [6.45, 7) is 0.508. The lowest BCUT2D eigenvalue weighted by atomic mass is 10.2. The van der Waals surface area contributed by atoms with E-state index in [1.165, 1.54) is 6.07 Å². The molecule has 0 bridgehead atoms. The zero-order valence-corrected chi connectivity index (χ0v) is 9.56. The van der Waals surface area contributed by atoms with E-state index in [0.717, 1.165) is 12.0 Å². The van der Waals surface area contributed by atoms with E-state index in [2.05, 4.69) is 15.9 Å². The summed E-state index contributed by atoms with van der Waals surface area (Å²) in [4.78, 5) is 0.0550. The lowest BCUT2D eigenvalue weighted by Gasteiger charge is -2.06. The number of fused-ring (bicyclic) bond motifs is 1. The fourth-order valence-electron chi connectivity index (χ4n) is 1.45. The zero-order chi connectivity index (χ0) is 10.3. The number of hydrogen-bond donors (Lipinski definition) is 1. The van der Waals surface area contributed by atoms with E-state index in [-0.39, 0.29) is 4.90 Å². The maximum atomic E-state index is 11.2. The van der Waals surface area contributed by atoms with Crippen molar-refractivity contribution in [1.29, 1.82) is 0 Å². The third kappa shape index (κ3) is 1.65. The molecule has 1 aliphatic rings. The standard InChI is InChI=1S/C8H8BrNO3S/c9-6-3-5-1-2-13-8(5)7(4-6)14(10,11)12/h3-4H,1-2H2,(H2,10,11,12). The highest BCUT2D eigenvalue weighted by Crippen LogP contribution is 2.34. The maximum Gasteiger partial charge on any atom is 0.241 e. The molecular weight excluding hydrogens is 270 g/mol. The van der Waals surface area contributed by atoms with E-state index in [9.17, 15) is 8.42 Å². The molecule has 0 saturated carbocycles. The molecule has 0 unspecified atom stereocenters. The second-order valence-electron chi connectivity index (χ2n) is 3.04. The van der Waals surface area contributed by atoms with Crippen molar-refractivity contribution in [2.24, 2.45) is 5.14 Å². The molecule has 0 radical (unpaired) electrons. The summed E-state index contributed by atoms with van der Waals surface area (Å²) in [7, 11) is -3.71. The Morgan fingerprint density at radius 3 is 2.79 bits per heavy atom. The van der Waals surface area contributed by atoms with Crippen LogP contribution < -0.4 is 9.88 Å². The molecule has 1 aliphatic heterocycles. The summed E-state index contributed by atoms with van der Waals surface area (Å²) in [6, 6.07) is 3.30. The van der Waals surface area contributed by atoms with Crippen LogP contribution in [0.1, 0.15) is 5.56 Å². The first-order chi connectivity index (χ1) is 6.48. The summed E-state index contributed by atoms with van der Waals surface area (Å²) in [5, 5.41) is 5.07. The van der Waals surface area contributed by atoms with Crippen LogP contribution in [0.3, 0.4) is 0 Å². The van der Waals surface area contributed by atoms with Gasteiger partial charge in [0, 0.05) is 16.5 Å². The molecule has 0 aliphatic carbocycles. The lowest BCUT2D eigenvalue weighted by molar-refractivity contribution is 0.348. The van der Waals surface area contributed by atoms with Crippen molar-refractivity contribution in [3.8, 4) is 5.75 Å². The highest BCUT2D eigenvalue weighted by molar-refractivity contribution is 9.10. The normalized spacial score (nSPS) is 15.0. The first-order valence-electron chi connectivity index (χ1n) is 3.96. The monoisotopic (exact) mass is 277 g/mol. The second-order valence-corrected chi connectivity index (χ2v) is 5.48. The van der Waals surface area contributed by atoms with Crippen molar-refractivity contribution in [2.75, 3.05) is 6.61 Å². The minimum atomic E-state index is -3.71. The molecule has 1 aromatic carbocycles. The van der Waals surface area contributed by atoms with Gasteiger partial charge in [-0.05, 0) is 12.1 Å². The minimum absolute atomic E-state index is 0.0550. The van der Waals surface area contributed by atoms with Gasteiger partial charge in [0.15, 0.2) is 0 Å². The van der Waals surface area contributed by atoms with Crippen LogP contribution >= 0.6 is 15.9 Å². The Morgan fingerprint density at radius 1 is 1.43 bits per heavy atom. The molecule has 1 aromatic rings. The largest absolute Gasteiger partial charge is 0.492 e. The summed E-state index contributed by atoms with van der Waals surface area (Å²) in [5.74, 6) is 0.399. The Hall–Kier alpha value is -0.590. The minimum Gasteiger partial charge on any atom is -0.492 e. The highest BCUT2D eigenvalue weighted by Gasteiger charge is 2.23. The van der Waals surface area contributed by atoms with Gasteiger partial charge in [-0.2, -0.15) is 0 Å². The molecule has 0 atom stereocenters. The fourth-order valence-corrected chi connectivity index (χ4v) is 2.84.